The molecule has 0 N–H and O–H groups in total. The van der Waals surface area contributed by atoms with E-state index in [0.29, 0.717) is 11.1 Å². The van der Waals surface area contributed by atoms with Crippen LogP contribution < -0.4 is 0 Å². The predicted molar refractivity (Wildman–Crippen MR) is 107 cm³/mol. The molecule has 0 heterocycles. The van der Waals surface area contributed by atoms with Gasteiger partial charge in [-0.25, -0.2) is 8.78 Å². The zero-order valence-corrected chi connectivity index (χ0v) is 16.1. The molecule has 3 rings (SSSR count). The molecule has 3 aromatic rings. The molecule has 0 saturated heterocycles. The smallest absolute Gasteiger partial charge is 0.206 e. The molecule has 0 aromatic heterocycles. The van der Waals surface area contributed by atoms with Gasteiger partial charge in [-0.05, 0) is 47.5 Å². The third-order valence-corrected chi connectivity index (χ3v) is 4.50. The maximum Gasteiger partial charge on any atom is 0.416 e. The molecule has 0 nitrogen and oxygen atoms in total. The second-order valence-corrected chi connectivity index (χ2v) is 6.80. The van der Waals surface area contributed by atoms with Gasteiger partial charge in [0.2, 0.25) is 0 Å². The highest BCUT2D eigenvalue weighted by Crippen LogP contribution is 2.32. The van der Waals surface area contributed by atoms with Gasteiger partial charge in [0.1, 0.15) is 11.7 Å². The van der Waals surface area contributed by atoms with Gasteiger partial charge >= 0.3 is 12.4 Å². The van der Waals surface area contributed by atoms with Crippen molar-refractivity contribution in [3.8, 4) is 0 Å². The molecule has 3 aromatic carbocycles. The second-order valence-electron chi connectivity index (χ2n) is 6.80. The summed E-state index contributed by atoms with van der Waals surface area (Å²) < 4.78 is 104. The molecule has 0 spiro atoms. The lowest BCUT2D eigenvalue weighted by molar-refractivity contribution is -0.138. The Balaban J connectivity index is 1.74. The minimum absolute atomic E-state index is 0.0321. The number of halogens is 8. The fraction of sp³-hybridized carbons (Fsp3) is 0.0833. The quantitative estimate of drug-likeness (QED) is 0.273. The van der Waals surface area contributed by atoms with Crippen LogP contribution >= 0.6 is 0 Å². The summed E-state index contributed by atoms with van der Waals surface area (Å²) in [5, 5.41) is 0. The molecular weight excluding hydrogens is 440 g/mol. The van der Waals surface area contributed by atoms with Crippen LogP contribution in [0.15, 0.2) is 72.8 Å². The molecule has 0 amide bonds. The van der Waals surface area contributed by atoms with Crippen LogP contribution in [0.25, 0.3) is 23.8 Å². The average molecular weight is 454 g/mol. The molecule has 0 bridgehead atoms. The van der Waals surface area contributed by atoms with Crippen LogP contribution in [-0.2, 0) is 12.4 Å². The van der Waals surface area contributed by atoms with Crippen molar-refractivity contribution in [3.63, 3.8) is 0 Å². The Hall–Kier alpha value is -3.42. The van der Waals surface area contributed by atoms with Crippen molar-refractivity contribution in [2.75, 3.05) is 0 Å². The molecule has 0 unspecified atom stereocenters. The van der Waals surface area contributed by atoms with E-state index in [9.17, 15) is 35.1 Å². The van der Waals surface area contributed by atoms with E-state index < -0.39 is 35.1 Å². The van der Waals surface area contributed by atoms with E-state index in [1.807, 2.05) is 0 Å². The van der Waals surface area contributed by atoms with Crippen LogP contribution in [0, 0.1) is 0 Å². The Morgan fingerprint density at radius 3 is 1.00 bits per heavy atom. The number of rotatable bonds is 4. The molecule has 32 heavy (non-hydrogen) atoms. The zero-order valence-electron chi connectivity index (χ0n) is 16.1. The summed E-state index contributed by atoms with van der Waals surface area (Å²) in [4.78, 5) is 0. The van der Waals surface area contributed by atoms with Gasteiger partial charge in [0.05, 0.1) is 11.1 Å². The van der Waals surface area contributed by atoms with Gasteiger partial charge < -0.3 is 0 Å². The fourth-order valence-electron chi connectivity index (χ4n) is 2.78. The van der Waals surface area contributed by atoms with Crippen LogP contribution in [0.2, 0.25) is 0 Å². The Labute approximate surface area is 178 Å². The molecule has 8 heteroatoms. The van der Waals surface area contributed by atoms with E-state index in [1.165, 1.54) is 24.3 Å². The first kappa shape index (κ1) is 23.2. The van der Waals surface area contributed by atoms with E-state index >= 15 is 0 Å². The van der Waals surface area contributed by atoms with Crippen molar-refractivity contribution in [2.45, 2.75) is 12.4 Å². The van der Waals surface area contributed by atoms with Gasteiger partial charge in [-0.3, -0.25) is 0 Å². The fourth-order valence-corrected chi connectivity index (χ4v) is 2.78. The number of hydrogen-bond donors (Lipinski definition) is 0. The summed E-state index contributed by atoms with van der Waals surface area (Å²) in [6.45, 7) is 0. The lowest BCUT2D eigenvalue weighted by Gasteiger charge is -2.07. The van der Waals surface area contributed by atoms with Gasteiger partial charge in [-0.2, -0.15) is 26.3 Å². The summed E-state index contributed by atoms with van der Waals surface area (Å²) in [7, 11) is 0. The van der Waals surface area contributed by atoms with Gasteiger partial charge in [0.15, 0.2) is 0 Å². The summed E-state index contributed by atoms with van der Waals surface area (Å²) in [5.74, 6) is -1.50. The summed E-state index contributed by atoms with van der Waals surface area (Å²) in [6.07, 6.45) is -6.81. The lowest BCUT2D eigenvalue weighted by atomic mass is 10.1. The Kier molecular flexibility index (Phi) is 6.52. The standard InChI is InChI=1S/C24H14F8/c25-21(17-5-9-19(10-6-17)23(27,28)29)13-15-1-2-16(4-3-15)14-22(26)18-7-11-20(12-8-18)24(30,31)32/h1-14H/b21-13-,22-14-. The van der Waals surface area contributed by atoms with Crippen LogP contribution in [0.3, 0.4) is 0 Å². The predicted octanol–water partition coefficient (Wildman–Crippen LogP) is 8.66. The monoisotopic (exact) mass is 454 g/mol. The lowest BCUT2D eigenvalue weighted by Crippen LogP contribution is -2.04. The molecule has 166 valence electrons. The topological polar surface area (TPSA) is 0 Å². The summed E-state index contributed by atoms with van der Waals surface area (Å²) in [5.41, 5.74) is -1.07. The first-order valence-corrected chi connectivity index (χ1v) is 9.13. The van der Waals surface area contributed by atoms with Crippen LogP contribution in [0.4, 0.5) is 35.1 Å². The zero-order chi connectivity index (χ0) is 23.5. The molecule has 0 radical (unpaired) electrons. The van der Waals surface area contributed by atoms with Crippen molar-refractivity contribution in [1.29, 1.82) is 0 Å². The maximum atomic E-state index is 14.3. The SMILES string of the molecule is F/C(=C\c1ccc(/C=C(\F)c2ccc(C(F)(F)F)cc2)cc1)c1ccc(C(F)(F)F)cc1. The average Bonchev–Trinajstić information content (AvgIpc) is 2.74. The van der Waals surface area contributed by atoms with E-state index in [0.717, 1.165) is 60.7 Å². The first-order chi connectivity index (χ1) is 14.9. The molecule has 0 aliphatic rings. The van der Waals surface area contributed by atoms with E-state index in [-0.39, 0.29) is 11.1 Å². The third kappa shape index (κ3) is 5.84. The van der Waals surface area contributed by atoms with E-state index in [2.05, 4.69) is 0 Å². The largest absolute Gasteiger partial charge is 0.416 e. The summed E-state index contributed by atoms with van der Waals surface area (Å²) >= 11 is 0. The van der Waals surface area contributed by atoms with Crippen molar-refractivity contribution in [2.24, 2.45) is 0 Å². The Morgan fingerprint density at radius 1 is 0.469 bits per heavy atom. The maximum absolute atomic E-state index is 14.3. The molecule has 0 aliphatic heterocycles. The third-order valence-electron chi connectivity index (χ3n) is 4.50. The molecular formula is C24H14F8. The Bertz CT molecular complexity index is 1020. The van der Waals surface area contributed by atoms with Crippen LogP contribution in [0.5, 0.6) is 0 Å². The highest BCUT2D eigenvalue weighted by molar-refractivity contribution is 5.79. The highest BCUT2D eigenvalue weighted by atomic mass is 19.4. The van der Waals surface area contributed by atoms with Crippen LogP contribution in [-0.4, -0.2) is 0 Å². The van der Waals surface area contributed by atoms with Gasteiger partial charge in [0.25, 0.3) is 0 Å². The number of benzene rings is 3. The van der Waals surface area contributed by atoms with Crippen molar-refractivity contribution in [3.05, 3.63) is 106 Å². The minimum atomic E-state index is -4.52. The molecule has 0 fully saturated rings. The first-order valence-electron chi connectivity index (χ1n) is 9.13. The van der Waals surface area contributed by atoms with Crippen LogP contribution in [0.1, 0.15) is 33.4 Å². The highest BCUT2D eigenvalue weighted by Gasteiger charge is 2.30. The molecule has 0 saturated carbocycles. The van der Waals surface area contributed by atoms with Gasteiger partial charge in [-0.1, -0.05) is 48.5 Å². The summed E-state index contributed by atoms with van der Waals surface area (Å²) in [6, 6.07) is 13.1. The number of alkyl halides is 6. The van der Waals surface area contributed by atoms with E-state index in [4.69, 9.17) is 0 Å². The number of hydrogen-bond acceptors (Lipinski definition) is 0. The van der Waals surface area contributed by atoms with Gasteiger partial charge in [0, 0.05) is 11.1 Å². The van der Waals surface area contributed by atoms with Crippen molar-refractivity contribution >= 4 is 23.8 Å². The van der Waals surface area contributed by atoms with Gasteiger partial charge in [-0.15, -0.1) is 0 Å². The van der Waals surface area contributed by atoms with E-state index in [1.54, 1.807) is 0 Å². The minimum Gasteiger partial charge on any atom is -0.206 e. The van der Waals surface area contributed by atoms with Crippen molar-refractivity contribution < 1.29 is 35.1 Å². The van der Waals surface area contributed by atoms with Crippen molar-refractivity contribution in [1.82, 2.24) is 0 Å². The normalized spacial score (nSPS) is 13.4. The second kappa shape index (κ2) is 8.98. The molecule has 0 atom stereocenters. The Morgan fingerprint density at radius 2 is 0.750 bits per heavy atom. The molecule has 0 aliphatic carbocycles.